The van der Waals surface area contributed by atoms with Crippen molar-refractivity contribution >= 4 is 11.4 Å². The monoisotopic (exact) mass is 277 g/mol. The van der Waals surface area contributed by atoms with Crippen molar-refractivity contribution in [3.05, 3.63) is 33.9 Å². The highest BCUT2D eigenvalue weighted by Crippen LogP contribution is 2.27. The first-order chi connectivity index (χ1) is 9.38. The van der Waals surface area contributed by atoms with Gasteiger partial charge in [0.25, 0.3) is 5.69 Å². The molecule has 0 aliphatic carbocycles. The summed E-state index contributed by atoms with van der Waals surface area (Å²) in [7, 11) is 2.16. The van der Waals surface area contributed by atoms with Gasteiger partial charge in [0.2, 0.25) is 0 Å². The number of likely N-dealkylation sites (tertiary alicyclic amines) is 1. The van der Waals surface area contributed by atoms with Crippen LogP contribution in [0.4, 0.5) is 11.4 Å². The van der Waals surface area contributed by atoms with Gasteiger partial charge in [0.1, 0.15) is 0 Å². The molecule has 0 saturated carbocycles. The summed E-state index contributed by atoms with van der Waals surface area (Å²) in [5.41, 5.74) is 1.86. The molecule has 1 N–H and O–H groups in total. The van der Waals surface area contributed by atoms with Crippen LogP contribution in [0, 0.1) is 23.0 Å². The van der Waals surface area contributed by atoms with Crippen LogP contribution < -0.4 is 5.32 Å². The van der Waals surface area contributed by atoms with E-state index >= 15 is 0 Å². The Morgan fingerprint density at radius 1 is 1.40 bits per heavy atom. The topological polar surface area (TPSA) is 58.4 Å². The highest BCUT2D eigenvalue weighted by Gasteiger charge is 2.28. The van der Waals surface area contributed by atoms with Crippen molar-refractivity contribution in [1.82, 2.24) is 4.90 Å². The lowest BCUT2D eigenvalue weighted by Gasteiger charge is -2.40. The molecule has 1 fully saturated rings. The normalized spacial score (nSPS) is 27.3. The summed E-state index contributed by atoms with van der Waals surface area (Å²) in [5, 5.41) is 14.4. The molecular formula is C15H23N3O2. The number of rotatable bonds is 3. The SMILES string of the molecule is Cc1cc(NC2CC(C)N(C)CC2C)ccc1[N+](=O)[O-]. The highest BCUT2D eigenvalue weighted by molar-refractivity contribution is 5.54. The van der Waals surface area contributed by atoms with Crippen LogP contribution in [0.2, 0.25) is 0 Å². The summed E-state index contributed by atoms with van der Waals surface area (Å²) in [6.07, 6.45) is 1.09. The highest BCUT2D eigenvalue weighted by atomic mass is 16.6. The predicted molar refractivity (Wildman–Crippen MR) is 81.1 cm³/mol. The molecule has 1 heterocycles. The Morgan fingerprint density at radius 2 is 2.10 bits per heavy atom. The van der Waals surface area contributed by atoms with Crippen LogP contribution >= 0.6 is 0 Å². The standard InChI is InChI=1S/C15H23N3O2/c1-10-7-13(5-6-15(10)18(19)20)16-14-8-12(3)17(4)9-11(14)2/h5-7,11-12,14,16H,8-9H2,1-4H3. The number of aryl methyl sites for hydroxylation is 1. The van der Waals surface area contributed by atoms with E-state index in [9.17, 15) is 10.1 Å². The van der Waals surface area contributed by atoms with Gasteiger partial charge < -0.3 is 10.2 Å². The molecule has 3 atom stereocenters. The Hall–Kier alpha value is -1.62. The average molecular weight is 277 g/mol. The lowest BCUT2D eigenvalue weighted by Crippen LogP contribution is -2.48. The van der Waals surface area contributed by atoms with Gasteiger partial charge in [0.15, 0.2) is 0 Å². The van der Waals surface area contributed by atoms with E-state index in [1.54, 1.807) is 19.1 Å². The molecule has 20 heavy (non-hydrogen) atoms. The van der Waals surface area contributed by atoms with Gasteiger partial charge >= 0.3 is 0 Å². The number of benzene rings is 1. The molecule has 0 amide bonds. The number of nitro groups is 1. The van der Waals surface area contributed by atoms with Crippen LogP contribution in [0.3, 0.4) is 0 Å². The van der Waals surface area contributed by atoms with Crippen LogP contribution in [-0.4, -0.2) is 35.5 Å². The minimum absolute atomic E-state index is 0.181. The fourth-order valence-corrected chi connectivity index (χ4v) is 2.91. The zero-order valence-corrected chi connectivity index (χ0v) is 12.6. The fourth-order valence-electron chi connectivity index (χ4n) is 2.91. The van der Waals surface area contributed by atoms with E-state index in [0.717, 1.165) is 18.7 Å². The Balaban J connectivity index is 2.10. The van der Waals surface area contributed by atoms with E-state index < -0.39 is 0 Å². The number of hydrogen-bond acceptors (Lipinski definition) is 4. The van der Waals surface area contributed by atoms with Crippen LogP contribution in [0.25, 0.3) is 0 Å². The van der Waals surface area contributed by atoms with Gasteiger partial charge in [-0.3, -0.25) is 10.1 Å². The maximum Gasteiger partial charge on any atom is 0.272 e. The molecule has 0 spiro atoms. The molecule has 1 aromatic rings. The zero-order chi connectivity index (χ0) is 14.9. The number of anilines is 1. The third-order valence-electron chi connectivity index (χ3n) is 4.36. The van der Waals surface area contributed by atoms with Crippen molar-refractivity contribution in [2.45, 2.75) is 39.3 Å². The predicted octanol–water partition coefficient (Wildman–Crippen LogP) is 3.04. The molecule has 2 rings (SSSR count). The second-order valence-electron chi connectivity index (χ2n) is 6.01. The number of hydrogen-bond donors (Lipinski definition) is 1. The molecule has 1 aliphatic rings. The Labute approximate surface area is 120 Å². The van der Waals surface area contributed by atoms with Crippen molar-refractivity contribution in [3.8, 4) is 0 Å². The van der Waals surface area contributed by atoms with Crippen molar-refractivity contribution in [1.29, 1.82) is 0 Å². The maximum absolute atomic E-state index is 10.8. The molecule has 1 aliphatic heterocycles. The van der Waals surface area contributed by atoms with E-state index in [0.29, 0.717) is 23.6 Å². The molecule has 5 heteroatoms. The van der Waals surface area contributed by atoms with E-state index in [1.807, 2.05) is 6.07 Å². The Bertz CT molecular complexity index is 504. The number of nitrogens with zero attached hydrogens (tertiary/aromatic N) is 2. The first-order valence-corrected chi connectivity index (χ1v) is 7.10. The molecule has 0 aromatic heterocycles. The van der Waals surface area contributed by atoms with E-state index in [1.165, 1.54) is 0 Å². The molecule has 3 unspecified atom stereocenters. The summed E-state index contributed by atoms with van der Waals surface area (Å²) >= 11 is 0. The number of nitrogens with one attached hydrogen (secondary N) is 1. The van der Waals surface area contributed by atoms with E-state index in [4.69, 9.17) is 0 Å². The summed E-state index contributed by atoms with van der Waals surface area (Å²) in [4.78, 5) is 12.9. The summed E-state index contributed by atoms with van der Waals surface area (Å²) < 4.78 is 0. The minimum atomic E-state index is -0.334. The lowest BCUT2D eigenvalue weighted by atomic mass is 9.89. The van der Waals surface area contributed by atoms with Gasteiger partial charge in [-0.15, -0.1) is 0 Å². The van der Waals surface area contributed by atoms with Gasteiger partial charge in [-0.25, -0.2) is 0 Å². The Kier molecular flexibility index (Phi) is 4.28. The molecule has 110 valence electrons. The summed E-state index contributed by atoms with van der Waals surface area (Å²) in [6.45, 7) is 7.34. The largest absolute Gasteiger partial charge is 0.382 e. The van der Waals surface area contributed by atoms with Gasteiger partial charge in [0, 0.05) is 35.9 Å². The molecule has 1 aromatic carbocycles. The molecule has 5 nitrogen and oxygen atoms in total. The first kappa shape index (κ1) is 14.8. The van der Waals surface area contributed by atoms with Gasteiger partial charge in [0.05, 0.1) is 4.92 Å². The van der Waals surface area contributed by atoms with E-state index in [-0.39, 0.29) is 10.6 Å². The van der Waals surface area contributed by atoms with Crippen molar-refractivity contribution in [2.24, 2.45) is 5.92 Å². The smallest absolute Gasteiger partial charge is 0.272 e. The fraction of sp³-hybridized carbons (Fsp3) is 0.600. The Morgan fingerprint density at radius 3 is 2.70 bits per heavy atom. The molecule has 1 saturated heterocycles. The lowest BCUT2D eigenvalue weighted by molar-refractivity contribution is -0.385. The van der Waals surface area contributed by atoms with Crippen molar-refractivity contribution in [2.75, 3.05) is 18.9 Å². The third kappa shape index (κ3) is 3.10. The summed E-state index contributed by atoms with van der Waals surface area (Å²) in [6, 6.07) is 6.24. The van der Waals surface area contributed by atoms with Crippen LogP contribution in [0.5, 0.6) is 0 Å². The number of piperidine rings is 1. The van der Waals surface area contributed by atoms with Gasteiger partial charge in [-0.1, -0.05) is 6.92 Å². The van der Waals surface area contributed by atoms with Crippen molar-refractivity contribution < 1.29 is 4.92 Å². The van der Waals surface area contributed by atoms with Crippen LogP contribution in [-0.2, 0) is 0 Å². The average Bonchev–Trinajstić information content (AvgIpc) is 2.35. The van der Waals surface area contributed by atoms with Crippen LogP contribution in [0.15, 0.2) is 18.2 Å². The maximum atomic E-state index is 10.8. The summed E-state index contributed by atoms with van der Waals surface area (Å²) in [5.74, 6) is 0.562. The second-order valence-corrected chi connectivity index (χ2v) is 6.01. The first-order valence-electron chi connectivity index (χ1n) is 7.10. The second kappa shape index (κ2) is 5.79. The minimum Gasteiger partial charge on any atom is -0.382 e. The van der Waals surface area contributed by atoms with Gasteiger partial charge in [-0.2, -0.15) is 0 Å². The van der Waals surface area contributed by atoms with Gasteiger partial charge in [-0.05, 0) is 45.4 Å². The van der Waals surface area contributed by atoms with Crippen LogP contribution in [0.1, 0.15) is 25.8 Å². The third-order valence-corrected chi connectivity index (χ3v) is 4.36. The molecule has 0 radical (unpaired) electrons. The number of nitro benzene ring substituents is 1. The van der Waals surface area contributed by atoms with Crippen molar-refractivity contribution in [3.63, 3.8) is 0 Å². The molecule has 0 bridgehead atoms. The van der Waals surface area contributed by atoms with E-state index in [2.05, 4.69) is 31.1 Å². The zero-order valence-electron chi connectivity index (χ0n) is 12.6. The molecular weight excluding hydrogens is 254 g/mol. The quantitative estimate of drug-likeness (QED) is 0.681.